The van der Waals surface area contributed by atoms with E-state index >= 15 is 0 Å². The van der Waals surface area contributed by atoms with E-state index in [0.29, 0.717) is 12.5 Å². The lowest BCUT2D eigenvalue weighted by Gasteiger charge is -2.20. The van der Waals surface area contributed by atoms with E-state index in [1.165, 1.54) is 12.8 Å². The van der Waals surface area contributed by atoms with Crippen LogP contribution in [0.25, 0.3) is 0 Å². The third-order valence-electron chi connectivity index (χ3n) is 2.69. The highest BCUT2D eigenvalue weighted by molar-refractivity contribution is 5.75. The van der Waals surface area contributed by atoms with Crippen LogP contribution in [0.15, 0.2) is 12.7 Å². The molecule has 3 nitrogen and oxygen atoms in total. The molecule has 0 unspecified atom stereocenters. The molecule has 0 radical (unpaired) electrons. The number of carbonyl (C=O) groups excluding carboxylic acids is 1. The molecule has 80 valence electrons. The van der Waals surface area contributed by atoms with Crippen LogP contribution in [0.2, 0.25) is 0 Å². The Bertz CT molecular complexity index is 203. The van der Waals surface area contributed by atoms with Crippen LogP contribution in [-0.4, -0.2) is 36.5 Å². The summed E-state index contributed by atoms with van der Waals surface area (Å²) < 4.78 is 0. The zero-order chi connectivity index (χ0) is 10.4. The molecule has 1 N–H and O–H groups in total. The summed E-state index contributed by atoms with van der Waals surface area (Å²) in [6.45, 7) is 8.46. The van der Waals surface area contributed by atoms with Gasteiger partial charge in [0.15, 0.2) is 0 Å². The lowest BCUT2D eigenvalue weighted by atomic mass is 10.2. The largest absolute Gasteiger partial charge is 0.356 e. The number of likely N-dealkylation sites (tertiary alicyclic amines) is 1. The highest BCUT2D eigenvalue weighted by Crippen LogP contribution is 2.17. The summed E-state index contributed by atoms with van der Waals surface area (Å²) in [6.07, 6.45) is 5.02. The fourth-order valence-corrected chi connectivity index (χ4v) is 1.93. The van der Waals surface area contributed by atoms with Gasteiger partial charge in [-0.2, -0.15) is 0 Å². The molecule has 0 bridgehead atoms. The minimum Gasteiger partial charge on any atom is -0.356 e. The quantitative estimate of drug-likeness (QED) is 0.669. The number of amides is 1. The van der Waals surface area contributed by atoms with Crippen molar-refractivity contribution in [1.29, 1.82) is 0 Å². The second-order valence-electron chi connectivity index (χ2n) is 3.68. The zero-order valence-electron chi connectivity index (χ0n) is 8.96. The maximum Gasteiger partial charge on any atom is 0.221 e. The molecule has 0 aliphatic carbocycles. The molecule has 1 atom stereocenters. The summed E-state index contributed by atoms with van der Waals surface area (Å²) in [7, 11) is 0. The van der Waals surface area contributed by atoms with Gasteiger partial charge in [0.25, 0.3) is 0 Å². The van der Waals surface area contributed by atoms with Gasteiger partial charge in [-0.3, -0.25) is 9.69 Å². The first-order valence-electron chi connectivity index (χ1n) is 5.41. The Morgan fingerprint density at radius 1 is 1.71 bits per heavy atom. The van der Waals surface area contributed by atoms with Crippen LogP contribution in [-0.2, 0) is 4.79 Å². The van der Waals surface area contributed by atoms with Gasteiger partial charge >= 0.3 is 0 Å². The van der Waals surface area contributed by atoms with Gasteiger partial charge in [0.1, 0.15) is 0 Å². The van der Waals surface area contributed by atoms with Crippen LogP contribution >= 0.6 is 0 Å². The first-order chi connectivity index (χ1) is 6.77. The van der Waals surface area contributed by atoms with Gasteiger partial charge in [-0.25, -0.2) is 0 Å². The van der Waals surface area contributed by atoms with Gasteiger partial charge in [0.05, 0.1) is 0 Å². The molecule has 1 aliphatic heterocycles. The van der Waals surface area contributed by atoms with Crippen molar-refractivity contribution >= 4 is 5.91 Å². The van der Waals surface area contributed by atoms with E-state index in [0.717, 1.165) is 19.6 Å². The van der Waals surface area contributed by atoms with E-state index in [-0.39, 0.29) is 5.91 Å². The van der Waals surface area contributed by atoms with E-state index in [1.807, 2.05) is 13.0 Å². The Morgan fingerprint density at radius 2 is 2.50 bits per heavy atom. The van der Waals surface area contributed by atoms with Crippen LogP contribution in [0.5, 0.6) is 0 Å². The average Bonchev–Trinajstić information content (AvgIpc) is 2.62. The molecule has 0 aromatic carbocycles. The van der Waals surface area contributed by atoms with Crippen LogP contribution in [0.1, 0.15) is 26.2 Å². The minimum absolute atomic E-state index is 0.155. The first-order valence-corrected chi connectivity index (χ1v) is 5.41. The second-order valence-corrected chi connectivity index (χ2v) is 3.68. The highest BCUT2D eigenvalue weighted by Gasteiger charge is 2.21. The van der Waals surface area contributed by atoms with Gasteiger partial charge in [-0.15, -0.1) is 6.58 Å². The third kappa shape index (κ3) is 3.14. The standard InChI is InChI=1S/C11H20N2O/c1-3-10-6-5-8-13(10)9-7-11(14)12-4-2/h3,10H,1,4-9H2,2H3,(H,12,14)/t10-/m1/s1. The fraction of sp³-hybridized carbons (Fsp3) is 0.727. The SMILES string of the molecule is C=C[C@@H]1CCCN1CCC(=O)NCC. The summed E-state index contributed by atoms with van der Waals surface area (Å²) in [5.74, 6) is 0.155. The summed E-state index contributed by atoms with van der Waals surface area (Å²) in [5.41, 5.74) is 0. The molecule has 0 saturated carbocycles. The number of nitrogens with zero attached hydrogens (tertiary/aromatic N) is 1. The van der Waals surface area contributed by atoms with Crippen molar-refractivity contribution in [2.45, 2.75) is 32.2 Å². The number of hydrogen-bond acceptors (Lipinski definition) is 2. The molecule has 0 spiro atoms. The minimum atomic E-state index is 0.155. The lowest BCUT2D eigenvalue weighted by molar-refractivity contribution is -0.121. The van der Waals surface area contributed by atoms with E-state index in [9.17, 15) is 4.79 Å². The Labute approximate surface area is 86.2 Å². The fourth-order valence-electron chi connectivity index (χ4n) is 1.93. The first kappa shape index (κ1) is 11.2. The molecular formula is C11H20N2O. The van der Waals surface area contributed by atoms with Crippen molar-refractivity contribution in [3.8, 4) is 0 Å². The molecule has 1 rings (SSSR count). The number of rotatable bonds is 5. The Kier molecular flexibility index (Phi) is 4.66. The Balaban J connectivity index is 2.23. The van der Waals surface area contributed by atoms with Gasteiger partial charge in [-0.1, -0.05) is 6.08 Å². The van der Waals surface area contributed by atoms with Crippen LogP contribution < -0.4 is 5.32 Å². The maximum absolute atomic E-state index is 11.2. The normalized spacial score (nSPS) is 22.2. The summed E-state index contributed by atoms with van der Waals surface area (Å²) in [5, 5.41) is 2.81. The summed E-state index contributed by atoms with van der Waals surface area (Å²) in [4.78, 5) is 13.6. The molecule has 1 fully saturated rings. The maximum atomic E-state index is 11.2. The summed E-state index contributed by atoms with van der Waals surface area (Å²) in [6, 6.07) is 0.490. The van der Waals surface area contributed by atoms with Crippen LogP contribution in [0, 0.1) is 0 Å². The number of hydrogen-bond donors (Lipinski definition) is 1. The van der Waals surface area contributed by atoms with Crippen molar-refractivity contribution < 1.29 is 4.79 Å². The van der Waals surface area contributed by atoms with Gasteiger partial charge < -0.3 is 5.32 Å². The van der Waals surface area contributed by atoms with Crippen molar-refractivity contribution in [1.82, 2.24) is 10.2 Å². The second kappa shape index (κ2) is 5.81. The monoisotopic (exact) mass is 196 g/mol. The molecule has 1 saturated heterocycles. The molecule has 1 heterocycles. The third-order valence-corrected chi connectivity index (χ3v) is 2.69. The average molecular weight is 196 g/mol. The van der Waals surface area contributed by atoms with E-state index in [2.05, 4.69) is 16.8 Å². The molecule has 1 amide bonds. The molecule has 3 heteroatoms. The van der Waals surface area contributed by atoms with E-state index < -0.39 is 0 Å². The van der Waals surface area contributed by atoms with Crippen molar-refractivity contribution in [2.75, 3.05) is 19.6 Å². The van der Waals surface area contributed by atoms with Crippen molar-refractivity contribution in [3.63, 3.8) is 0 Å². The Morgan fingerprint density at radius 3 is 3.14 bits per heavy atom. The van der Waals surface area contributed by atoms with Crippen molar-refractivity contribution in [2.24, 2.45) is 0 Å². The molecule has 0 aromatic heterocycles. The molecule has 0 aromatic rings. The van der Waals surface area contributed by atoms with E-state index in [4.69, 9.17) is 0 Å². The molecule has 1 aliphatic rings. The van der Waals surface area contributed by atoms with Gasteiger partial charge in [0.2, 0.25) is 5.91 Å². The van der Waals surface area contributed by atoms with Crippen LogP contribution in [0.3, 0.4) is 0 Å². The van der Waals surface area contributed by atoms with Gasteiger partial charge in [0, 0.05) is 25.6 Å². The molecule has 14 heavy (non-hydrogen) atoms. The van der Waals surface area contributed by atoms with Crippen molar-refractivity contribution in [3.05, 3.63) is 12.7 Å². The predicted octanol–water partition coefficient (Wildman–Crippen LogP) is 1.16. The number of nitrogens with one attached hydrogen (secondary N) is 1. The van der Waals surface area contributed by atoms with Gasteiger partial charge in [-0.05, 0) is 26.3 Å². The zero-order valence-corrected chi connectivity index (χ0v) is 8.96. The predicted molar refractivity (Wildman–Crippen MR) is 58.1 cm³/mol. The van der Waals surface area contributed by atoms with Crippen LogP contribution in [0.4, 0.5) is 0 Å². The van der Waals surface area contributed by atoms with E-state index in [1.54, 1.807) is 0 Å². The highest BCUT2D eigenvalue weighted by atomic mass is 16.1. The smallest absolute Gasteiger partial charge is 0.221 e. The topological polar surface area (TPSA) is 32.3 Å². The lowest BCUT2D eigenvalue weighted by Crippen LogP contribution is -2.33. The number of carbonyl (C=O) groups is 1. The summed E-state index contributed by atoms with van der Waals surface area (Å²) >= 11 is 0. The Hall–Kier alpha value is -0.830. The molecular weight excluding hydrogens is 176 g/mol.